The van der Waals surface area contributed by atoms with Gasteiger partial charge in [0.2, 0.25) is 15.9 Å². The minimum absolute atomic E-state index is 0.155. The number of sulfonamides is 1. The maximum absolute atomic E-state index is 13.0. The van der Waals surface area contributed by atoms with Gasteiger partial charge in [-0.05, 0) is 61.7 Å². The molecule has 1 saturated heterocycles. The first kappa shape index (κ1) is 23.5. The minimum Gasteiger partial charge on any atom is -0.464 e. The zero-order valence-electron chi connectivity index (χ0n) is 19.4. The summed E-state index contributed by atoms with van der Waals surface area (Å²) in [5.74, 6) is 0.184. The molecular formula is C25H30N2O5S. The second kappa shape index (κ2) is 9.29. The third-order valence-corrected chi connectivity index (χ3v) is 7.70. The fourth-order valence-electron chi connectivity index (χ4n) is 4.16. The number of nitrogens with one attached hydrogen (secondary N) is 1. The first-order valence-electron chi connectivity index (χ1n) is 11.2. The van der Waals surface area contributed by atoms with Crippen LogP contribution in [-0.2, 0) is 26.0 Å². The van der Waals surface area contributed by atoms with Crippen molar-refractivity contribution in [2.24, 2.45) is 0 Å². The Morgan fingerprint density at radius 3 is 2.39 bits per heavy atom. The number of carbonyl (C=O) groups is 1. The fraction of sp³-hybridized carbons (Fsp3) is 0.400. The van der Waals surface area contributed by atoms with Crippen LogP contribution in [0.5, 0.6) is 0 Å². The van der Waals surface area contributed by atoms with Gasteiger partial charge in [0, 0.05) is 29.7 Å². The van der Waals surface area contributed by atoms with Crippen molar-refractivity contribution in [3.63, 3.8) is 0 Å². The van der Waals surface area contributed by atoms with Gasteiger partial charge >= 0.3 is 0 Å². The Labute approximate surface area is 194 Å². The van der Waals surface area contributed by atoms with E-state index < -0.39 is 10.0 Å². The molecule has 176 valence electrons. The Morgan fingerprint density at radius 2 is 1.76 bits per heavy atom. The van der Waals surface area contributed by atoms with E-state index in [1.165, 1.54) is 22.0 Å². The Morgan fingerprint density at radius 1 is 1.09 bits per heavy atom. The molecule has 7 nitrogen and oxygen atoms in total. The Hall–Kier alpha value is -2.68. The van der Waals surface area contributed by atoms with E-state index in [1.807, 2.05) is 26.0 Å². The molecule has 2 unspecified atom stereocenters. The number of carbonyl (C=O) groups excluding carboxylic acids is 1. The molecule has 0 radical (unpaired) electrons. The van der Waals surface area contributed by atoms with Crippen LogP contribution in [-0.4, -0.2) is 43.9 Å². The lowest BCUT2D eigenvalue weighted by Gasteiger charge is -2.34. The molecule has 0 bridgehead atoms. The summed E-state index contributed by atoms with van der Waals surface area (Å²) in [6.07, 6.45) is 1.47. The average molecular weight is 471 g/mol. The number of nitrogens with zero attached hydrogens (tertiary/aromatic N) is 1. The molecule has 1 fully saturated rings. The largest absolute Gasteiger partial charge is 0.464 e. The summed E-state index contributed by atoms with van der Waals surface area (Å²) >= 11 is 0. The summed E-state index contributed by atoms with van der Waals surface area (Å²) in [4.78, 5) is 12.8. The van der Waals surface area contributed by atoms with Crippen LogP contribution < -0.4 is 5.32 Å². The highest BCUT2D eigenvalue weighted by Crippen LogP contribution is 2.27. The van der Waals surface area contributed by atoms with Crippen LogP contribution in [0.1, 0.15) is 44.7 Å². The molecule has 0 saturated carbocycles. The van der Waals surface area contributed by atoms with Gasteiger partial charge in [-0.25, -0.2) is 8.42 Å². The lowest BCUT2D eigenvalue weighted by atomic mass is 10.00. The predicted octanol–water partition coefficient (Wildman–Crippen LogP) is 4.54. The maximum atomic E-state index is 13.0. The van der Waals surface area contributed by atoms with Crippen molar-refractivity contribution in [2.75, 3.05) is 18.4 Å². The van der Waals surface area contributed by atoms with Crippen LogP contribution in [0, 0.1) is 0 Å². The number of hydrogen-bond donors (Lipinski definition) is 1. The summed E-state index contributed by atoms with van der Waals surface area (Å²) in [5, 5.41) is 3.78. The number of ether oxygens (including phenoxy) is 1. The Balaban J connectivity index is 1.44. The molecule has 2 atom stereocenters. The van der Waals surface area contributed by atoms with E-state index in [0.717, 1.165) is 16.5 Å². The molecule has 2 aromatic carbocycles. The van der Waals surface area contributed by atoms with Gasteiger partial charge in [0.15, 0.2) is 0 Å². The monoisotopic (exact) mass is 470 g/mol. The van der Waals surface area contributed by atoms with Crippen LogP contribution >= 0.6 is 0 Å². The molecule has 0 spiro atoms. The van der Waals surface area contributed by atoms with E-state index in [-0.39, 0.29) is 29.4 Å². The van der Waals surface area contributed by atoms with Crippen molar-refractivity contribution in [3.05, 3.63) is 59.9 Å². The number of anilines is 1. The number of amides is 1. The number of rotatable bonds is 6. The van der Waals surface area contributed by atoms with E-state index in [9.17, 15) is 13.2 Å². The van der Waals surface area contributed by atoms with Crippen molar-refractivity contribution >= 4 is 32.6 Å². The lowest BCUT2D eigenvalue weighted by Crippen LogP contribution is -2.48. The molecule has 8 heteroatoms. The van der Waals surface area contributed by atoms with Crippen LogP contribution in [0.15, 0.2) is 58.0 Å². The van der Waals surface area contributed by atoms with Crippen LogP contribution in [0.4, 0.5) is 5.69 Å². The Kier molecular flexibility index (Phi) is 6.61. The molecular weight excluding hydrogens is 440 g/mol. The van der Waals surface area contributed by atoms with E-state index >= 15 is 0 Å². The molecule has 1 N–H and O–H groups in total. The zero-order chi connectivity index (χ0) is 23.8. The van der Waals surface area contributed by atoms with E-state index in [1.54, 1.807) is 18.4 Å². The van der Waals surface area contributed by atoms with Crippen molar-refractivity contribution < 1.29 is 22.4 Å². The second-order valence-corrected chi connectivity index (χ2v) is 10.9. The summed E-state index contributed by atoms with van der Waals surface area (Å²) < 4.78 is 38.7. The van der Waals surface area contributed by atoms with E-state index in [2.05, 4.69) is 25.2 Å². The van der Waals surface area contributed by atoms with Crippen LogP contribution in [0.2, 0.25) is 0 Å². The van der Waals surface area contributed by atoms with Crippen molar-refractivity contribution in [3.8, 4) is 0 Å². The quantitative estimate of drug-likeness (QED) is 0.572. The molecule has 1 aromatic heterocycles. The molecule has 33 heavy (non-hydrogen) atoms. The minimum atomic E-state index is -3.62. The second-order valence-electron chi connectivity index (χ2n) is 9.00. The van der Waals surface area contributed by atoms with Crippen LogP contribution in [0.25, 0.3) is 11.0 Å². The SMILES string of the molecule is CC1CN(S(=O)(=O)c2ccc(NC(=O)Cc3coc4ccc(C(C)C)cc34)cc2)CC(C)O1. The van der Waals surface area contributed by atoms with Gasteiger partial charge in [0.25, 0.3) is 0 Å². The average Bonchev–Trinajstić information content (AvgIpc) is 3.15. The van der Waals surface area contributed by atoms with Crippen molar-refractivity contribution in [2.45, 2.75) is 57.1 Å². The van der Waals surface area contributed by atoms with Gasteiger partial charge in [0.1, 0.15) is 5.58 Å². The third kappa shape index (κ3) is 5.13. The normalized spacial score (nSPS) is 19.8. The number of furan rings is 1. The third-order valence-electron chi connectivity index (χ3n) is 5.86. The summed E-state index contributed by atoms with van der Waals surface area (Å²) in [7, 11) is -3.62. The standard InChI is InChI=1S/C25H30N2O5S/c1-16(2)19-5-10-24-23(11-19)20(15-31-24)12-25(28)26-21-6-8-22(9-7-21)33(29,30)27-13-17(3)32-18(4)14-27/h5-11,15-18H,12-14H2,1-4H3,(H,26,28). The molecule has 2 heterocycles. The van der Waals surface area contributed by atoms with E-state index in [0.29, 0.717) is 24.7 Å². The highest BCUT2D eigenvalue weighted by Gasteiger charge is 2.32. The molecule has 3 aromatic rings. The molecule has 1 amide bonds. The van der Waals surface area contributed by atoms with Gasteiger partial charge in [-0.1, -0.05) is 19.9 Å². The fourth-order valence-corrected chi connectivity index (χ4v) is 5.75. The number of hydrogen-bond acceptors (Lipinski definition) is 5. The topological polar surface area (TPSA) is 88.9 Å². The highest BCUT2D eigenvalue weighted by molar-refractivity contribution is 7.89. The predicted molar refractivity (Wildman–Crippen MR) is 128 cm³/mol. The molecule has 1 aliphatic heterocycles. The number of benzene rings is 2. The van der Waals surface area contributed by atoms with Gasteiger partial charge < -0.3 is 14.5 Å². The van der Waals surface area contributed by atoms with Crippen LogP contribution in [0.3, 0.4) is 0 Å². The van der Waals surface area contributed by atoms with Gasteiger partial charge in [-0.15, -0.1) is 0 Å². The molecule has 0 aliphatic carbocycles. The molecule has 4 rings (SSSR count). The van der Waals surface area contributed by atoms with Gasteiger partial charge in [0.05, 0.1) is 29.8 Å². The highest BCUT2D eigenvalue weighted by atomic mass is 32.2. The first-order valence-corrected chi connectivity index (χ1v) is 12.6. The maximum Gasteiger partial charge on any atom is 0.243 e. The Bertz CT molecular complexity index is 1240. The lowest BCUT2D eigenvalue weighted by molar-refractivity contribution is -0.115. The first-order chi connectivity index (χ1) is 15.6. The van der Waals surface area contributed by atoms with Gasteiger partial charge in [-0.2, -0.15) is 4.31 Å². The number of fused-ring (bicyclic) bond motifs is 1. The summed E-state index contributed by atoms with van der Waals surface area (Å²) in [6.45, 7) is 8.62. The smallest absolute Gasteiger partial charge is 0.243 e. The van der Waals surface area contributed by atoms with Gasteiger partial charge in [-0.3, -0.25) is 4.79 Å². The van der Waals surface area contributed by atoms with E-state index in [4.69, 9.17) is 9.15 Å². The van der Waals surface area contributed by atoms with Crippen molar-refractivity contribution in [1.29, 1.82) is 0 Å². The summed E-state index contributed by atoms with van der Waals surface area (Å²) in [6, 6.07) is 12.3. The van der Waals surface area contributed by atoms with Crippen molar-refractivity contribution in [1.82, 2.24) is 4.31 Å². The summed E-state index contributed by atoms with van der Waals surface area (Å²) in [5.41, 5.74) is 3.30. The number of morpholine rings is 1. The molecule has 1 aliphatic rings. The zero-order valence-corrected chi connectivity index (χ0v) is 20.2.